The summed E-state index contributed by atoms with van der Waals surface area (Å²) in [5.41, 5.74) is 0.107. The number of hydrogen-bond acceptors (Lipinski definition) is 7. The first-order valence-corrected chi connectivity index (χ1v) is 7.58. The number of nitrogens with zero attached hydrogens (tertiary/aromatic N) is 2. The van der Waals surface area contributed by atoms with Gasteiger partial charge in [0.15, 0.2) is 0 Å². The summed E-state index contributed by atoms with van der Waals surface area (Å²) in [7, 11) is 0. The summed E-state index contributed by atoms with van der Waals surface area (Å²) in [5, 5.41) is 35.7. The normalized spacial score (nSPS) is 10.1. The van der Waals surface area contributed by atoms with Crippen LogP contribution in [0.4, 0.5) is 28.4 Å². The molecule has 0 aliphatic rings. The van der Waals surface area contributed by atoms with Gasteiger partial charge in [0.1, 0.15) is 5.69 Å². The highest BCUT2D eigenvalue weighted by Crippen LogP contribution is 2.31. The number of carbonyl (C=O) groups excluding carboxylic acids is 1. The summed E-state index contributed by atoms with van der Waals surface area (Å²) in [6, 6.07) is 9.37. The number of carboxylic acids is 1. The van der Waals surface area contributed by atoms with Gasteiger partial charge in [-0.25, -0.2) is 0 Å². The van der Waals surface area contributed by atoms with E-state index in [2.05, 4.69) is 10.6 Å². The molecular weight excluding hydrogens is 360 g/mol. The highest BCUT2D eigenvalue weighted by molar-refractivity contribution is 5.92. The molecule has 1 amide bonds. The number of carboxylic acid groups (broad SMARTS) is 1. The van der Waals surface area contributed by atoms with E-state index in [4.69, 9.17) is 5.11 Å². The number of amides is 1. The lowest BCUT2D eigenvalue weighted by Gasteiger charge is -2.09. The molecule has 0 unspecified atom stereocenters. The molecule has 3 N–H and O–H groups in total. The van der Waals surface area contributed by atoms with Gasteiger partial charge in [0.25, 0.3) is 11.4 Å². The summed E-state index contributed by atoms with van der Waals surface area (Å²) in [5.74, 6) is -1.53. The van der Waals surface area contributed by atoms with Gasteiger partial charge in [-0.15, -0.1) is 0 Å². The van der Waals surface area contributed by atoms with Crippen molar-refractivity contribution < 1.29 is 24.5 Å². The lowest BCUT2D eigenvalue weighted by molar-refractivity contribution is -0.393. The summed E-state index contributed by atoms with van der Waals surface area (Å²) < 4.78 is 0. The maximum Gasteiger partial charge on any atom is 0.303 e. The first-order valence-electron chi connectivity index (χ1n) is 7.58. The van der Waals surface area contributed by atoms with Crippen LogP contribution in [0.3, 0.4) is 0 Å². The van der Waals surface area contributed by atoms with Gasteiger partial charge in [0.05, 0.1) is 22.3 Å². The number of aliphatic carboxylic acids is 1. The highest BCUT2D eigenvalue weighted by Gasteiger charge is 2.19. The lowest BCUT2D eigenvalue weighted by Crippen LogP contribution is -2.13. The number of nitro groups is 2. The second-order valence-electron chi connectivity index (χ2n) is 5.36. The number of rotatable bonds is 8. The number of nitro benzene ring substituents is 2. The predicted octanol–water partition coefficient (Wildman–Crippen LogP) is 3.05. The Morgan fingerprint density at radius 1 is 0.926 bits per heavy atom. The quantitative estimate of drug-likeness (QED) is 0.468. The third-order valence-electron chi connectivity index (χ3n) is 3.40. The van der Waals surface area contributed by atoms with E-state index in [1.165, 1.54) is 30.3 Å². The standard InChI is InChI=1S/C16H14N4O7/c21-15(7-8-16(22)23)18-11-3-1-10(2-4-11)17-13-6-5-12(19(24)25)9-14(13)20(26)27/h1-6,9,17H,7-8H2,(H,18,21)(H,22,23). The molecule has 0 spiro atoms. The number of hydrogen-bond donors (Lipinski definition) is 3. The predicted molar refractivity (Wildman–Crippen MR) is 95.0 cm³/mol. The number of nitrogens with one attached hydrogen (secondary N) is 2. The van der Waals surface area contributed by atoms with E-state index in [-0.39, 0.29) is 18.5 Å². The maximum absolute atomic E-state index is 11.6. The number of anilines is 3. The second-order valence-corrected chi connectivity index (χ2v) is 5.36. The Morgan fingerprint density at radius 3 is 2.11 bits per heavy atom. The molecule has 0 aliphatic carbocycles. The topological polar surface area (TPSA) is 165 Å². The first-order chi connectivity index (χ1) is 12.8. The van der Waals surface area contributed by atoms with Crippen LogP contribution in [-0.2, 0) is 9.59 Å². The Labute approximate surface area is 151 Å². The summed E-state index contributed by atoms with van der Waals surface area (Å²) >= 11 is 0. The largest absolute Gasteiger partial charge is 0.481 e. The zero-order chi connectivity index (χ0) is 20.0. The van der Waals surface area contributed by atoms with E-state index < -0.39 is 33.1 Å². The van der Waals surface area contributed by atoms with Gasteiger partial charge in [-0.3, -0.25) is 29.8 Å². The SMILES string of the molecule is O=C(O)CCC(=O)Nc1ccc(Nc2ccc([N+](=O)[O-])cc2[N+](=O)[O-])cc1. The average molecular weight is 374 g/mol. The monoisotopic (exact) mass is 374 g/mol. The molecule has 2 aromatic carbocycles. The van der Waals surface area contributed by atoms with Gasteiger partial charge in [-0.05, 0) is 30.3 Å². The third-order valence-corrected chi connectivity index (χ3v) is 3.40. The molecular formula is C16H14N4O7. The van der Waals surface area contributed by atoms with Gasteiger partial charge >= 0.3 is 5.97 Å². The van der Waals surface area contributed by atoms with Crippen LogP contribution in [0, 0.1) is 20.2 Å². The Morgan fingerprint density at radius 2 is 1.56 bits per heavy atom. The van der Waals surface area contributed by atoms with Crippen molar-refractivity contribution in [3.05, 3.63) is 62.7 Å². The average Bonchev–Trinajstić information content (AvgIpc) is 2.61. The highest BCUT2D eigenvalue weighted by atomic mass is 16.6. The Hall–Kier alpha value is -4.02. The van der Waals surface area contributed by atoms with Crippen molar-refractivity contribution >= 4 is 40.3 Å². The molecule has 0 bridgehead atoms. The molecule has 0 saturated carbocycles. The summed E-state index contributed by atoms with van der Waals surface area (Å²) in [4.78, 5) is 42.4. The van der Waals surface area contributed by atoms with Gasteiger partial charge in [0, 0.05) is 23.9 Å². The lowest BCUT2D eigenvalue weighted by atomic mass is 10.2. The van der Waals surface area contributed by atoms with Crippen molar-refractivity contribution in [3.8, 4) is 0 Å². The van der Waals surface area contributed by atoms with Crippen LogP contribution in [0.1, 0.15) is 12.8 Å². The van der Waals surface area contributed by atoms with Crippen molar-refractivity contribution in [2.45, 2.75) is 12.8 Å². The molecule has 2 aromatic rings. The van der Waals surface area contributed by atoms with Crippen molar-refractivity contribution in [1.82, 2.24) is 0 Å². The molecule has 11 nitrogen and oxygen atoms in total. The van der Waals surface area contributed by atoms with E-state index in [1.54, 1.807) is 0 Å². The maximum atomic E-state index is 11.6. The van der Waals surface area contributed by atoms with Gasteiger partial charge in [-0.1, -0.05) is 0 Å². The van der Waals surface area contributed by atoms with E-state index in [0.717, 1.165) is 12.1 Å². The van der Waals surface area contributed by atoms with E-state index in [1.807, 2.05) is 0 Å². The smallest absolute Gasteiger partial charge is 0.303 e. The minimum absolute atomic E-state index is 0.0730. The molecule has 0 fully saturated rings. The van der Waals surface area contributed by atoms with Gasteiger partial charge < -0.3 is 15.7 Å². The molecule has 0 aromatic heterocycles. The molecule has 11 heteroatoms. The van der Waals surface area contributed by atoms with Crippen LogP contribution in [0.5, 0.6) is 0 Å². The fourth-order valence-electron chi connectivity index (χ4n) is 2.13. The fourth-order valence-corrected chi connectivity index (χ4v) is 2.13. The molecule has 2 rings (SSSR count). The molecule has 0 heterocycles. The van der Waals surface area contributed by atoms with Crippen LogP contribution < -0.4 is 10.6 Å². The van der Waals surface area contributed by atoms with Crippen molar-refractivity contribution in [2.75, 3.05) is 10.6 Å². The van der Waals surface area contributed by atoms with E-state index in [9.17, 15) is 29.8 Å². The van der Waals surface area contributed by atoms with Crippen molar-refractivity contribution in [2.24, 2.45) is 0 Å². The zero-order valence-corrected chi connectivity index (χ0v) is 13.7. The number of carbonyl (C=O) groups is 2. The summed E-state index contributed by atoms with van der Waals surface area (Å²) in [6.07, 6.45) is -0.445. The van der Waals surface area contributed by atoms with Crippen LogP contribution in [0.25, 0.3) is 0 Å². The van der Waals surface area contributed by atoms with Gasteiger partial charge in [0.2, 0.25) is 5.91 Å². The van der Waals surface area contributed by atoms with Crippen LogP contribution in [-0.4, -0.2) is 26.8 Å². The van der Waals surface area contributed by atoms with Crippen LogP contribution in [0.15, 0.2) is 42.5 Å². The fraction of sp³-hybridized carbons (Fsp3) is 0.125. The minimum Gasteiger partial charge on any atom is -0.481 e. The van der Waals surface area contributed by atoms with Crippen molar-refractivity contribution in [1.29, 1.82) is 0 Å². The number of benzene rings is 2. The van der Waals surface area contributed by atoms with Crippen molar-refractivity contribution in [3.63, 3.8) is 0 Å². The Balaban J connectivity index is 2.10. The molecule has 27 heavy (non-hydrogen) atoms. The molecule has 0 atom stereocenters. The second kappa shape index (κ2) is 8.38. The molecule has 140 valence electrons. The van der Waals surface area contributed by atoms with Crippen LogP contribution >= 0.6 is 0 Å². The Bertz CT molecular complexity index is 896. The minimum atomic E-state index is -1.07. The van der Waals surface area contributed by atoms with E-state index in [0.29, 0.717) is 11.4 Å². The third kappa shape index (κ3) is 5.49. The molecule has 0 radical (unpaired) electrons. The molecule has 0 saturated heterocycles. The first kappa shape index (κ1) is 19.3. The Kier molecular flexibility index (Phi) is 5.99. The number of non-ortho nitro benzene ring substituents is 1. The zero-order valence-electron chi connectivity index (χ0n) is 13.7. The molecule has 0 aliphatic heterocycles. The van der Waals surface area contributed by atoms with Gasteiger partial charge in [-0.2, -0.15) is 0 Å². The van der Waals surface area contributed by atoms with E-state index >= 15 is 0 Å². The summed E-state index contributed by atoms with van der Waals surface area (Å²) in [6.45, 7) is 0. The van der Waals surface area contributed by atoms with Crippen LogP contribution in [0.2, 0.25) is 0 Å².